The Morgan fingerprint density at radius 1 is 0.327 bits per heavy atom. The van der Waals surface area contributed by atoms with Crippen LogP contribution in [-0.4, -0.2) is 4.57 Å². The lowest BCUT2D eigenvalue weighted by molar-refractivity contribution is 1.19. The van der Waals surface area contributed by atoms with Crippen LogP contribution >= 0.6 is 0 Å². The van der Waals surface area contributed by atoms with E-state index in [1.807, 2.05) is 0 Å². The van der Waals surface area contributed by atoms with Crippen molar-refractivity contribution in [2.45, 2.75) is 13.8 Å². The maximum Gasteiger partial charge on any atom is 0.0619 e. The zero-order valence-electron chi connectivity index (χ0n) is 27.5. The minimum Gasteiger partial charge on any atom is -0.308 e. The maximum absolute atomic E-state index is 2.52. The van der Waals surface area contributed by atoms with Gasteiger partial charge in [-0.1, -0.05) is 146 Å². The monoisotopic (exact) mass is 623 g/mol. The number of nitrogens with zero attached hydrogens (tertiary/aromatic N) is 1. The van der Waals surface area contributed by atoms with Gasteiger partial charge >= 0.3 is 0 Å². The van der Waals surface area contributed by atoms with E-state index in [-0.39, 0.29) is 0 Å². The molecular formula is C48H33N. The molecule has 10 aromatic rings. The Morgan fingerprint density at radius 3 is 1.41 bits per heavy atom. The Bertz CT molecular complexity index is 2870. The lowest BCUT2D eigenvalue weighted by Crippen LogP contribution is -1.96. The van der Waals surface area contributed by atoms with Crippen molar-refractivity contribution < 1.29 is 0 Å². The molecule has 9 aromatic carbocycles. The third-order valence-electron chi connectivity index (χ3n) is 10.7. The summed E-state index contributed by atoms with van der Waals surface area (Å²) in [5.41, 5.74) is 11.4. The molecule has 0 fully saturated rings. The van der Waals surface area contributed by atoms with Gasteiger partial charge in [-0.15, -0.1) is 0 Å². The Labute approximate surface area is 285 Å². The second-order valence-corrected chi connectivity index (χ2v) is 13.4. The van der Waals surface area contributed by atoms with Crippen LogP contribution in [0.3, 0.4) is 0 Å². The van der Waals surface area contributed by atoms with Crippen molar-refractivity contribution >= 4 is 64.9 Å². The van der Waals surface area contributed by atoms with Gasteiger partial charge in [-0.2, -0.15) is 0 Å². The highest BCUT2D eigenvalue weighted by Crippen LogP contribution is 2.45. The van der Waals surface area contributed by atoms with E-state index in [1.165, 1.54) is 104 Å². The summed E-state index contributed by atoms with van der Waals surface area (Å²) >= 11 is 0. The Balaban J connectivity index is 1.27. The number of aryl methyl sites for hydroxylation is 2. The fourth-order valence-electron chi connectivity index (χ4n) is 8.25. The van der Waals surface area contributed by atoms with E-state index in [4.69, 9.17) is 0 Å². The van der Waals surface area contributed by atoms with Crippen molar-refractivity contribution in [3.8, 4) is 27.9 Å². The first-order valence-electron chi connectivity index (χ1n) is 17.1. The second kappa shape index (κ2) is 10.7. The Hall–Kier alpha value is -6.18. The van der Waals surface area contributed by atoms with E-state index in [0.717, 1.165) is 0 Å². The van der Waals surface area contributed by atoms with E-state index in [1.54, 1.807) is 0 Å². The number of hydrogen-bond acceptors (Lipinski definition) is 0. The van der Waals surface area contributed by atoms with Gasteiger partial charge in [0.05, 0.1) is 11.0 Å². The van der Waals surface area contributed by atoms with Crippen molar-refractivity contribution in [1.82, 2.24) is 4.57 Å². The quantitative estimate of drug-likeness (QED) is 0.173. The van der Waals surface area contributed by atoms with Crippen molar-refractivity contribution in [1.29, 1.82) is 0 Å². The van der Waals surface area contributed by atoms with Crippen molar-refractivity contribution in [2.24, 2.45) is 0 Å². The van der Waals surface area contributed by atoms with Crippen LogP contribution < -0.4 is 0 Å². The molecule has 1 heteroatoms. The van der Waals surface area contributed by atoms with Gasteiger partial charge in [0.2, 0.25) is 0 Å². The minimum atomic E-state index is 1.17. The van der Waals surface area contributed by atoms with Crippen LogP contribution in [0.5, 0.6) is 0 Å². The number of rotatable bonds is 3. The highest BCUT2D eigenvalue weighted by Gasteiger charge is 2.20. The minimum absolute atomic E-state index is 1.17. The van der Waals surface area contributed by atoms with Crippen molar-refractivity contribution in [2.75, 3.05) is 0 Å². The molecule has 0 spiro atoms. The highest BCUT2D eigenvalue weighted by atomic mass is 15.0. The van der Waals surface area contributed by atoms with Crippen LogP contribution in [0.4, 0.5) is 0 Å². The summed E-state index contributed by atoms with van der Waals surface area (Å²) in [5, 5.41) is 12.8. The molecule has 0 aliphatic heterocycles. The fraction of sp³-hybridized carbons (Fsp3) is 0.0417. The number of benzene rings is 9. The molecule has 10 rings (SSSR count). The lowest BCUT2D eigenvalue weighted by atomic mass is 9.86. The van der Waals surface area contributed by atoms with E-state index >= 15 is 0 Å². The fourth-order valence-corrected chi connectivity index (χ4v) is 8.25. The van der Waals surface area contributed by atoms with Gasteiger partial charge in [0.1, 0.15) is 0 Å². The van der Waals surface area contributed by atoms with Crippen LogP contribution in [-0.2, 0) is 0 Å². The first-order chi connectivity index (χ1) is 24.2. The highest BCUT2D eigenvalue weighted by molar-refractivity contribution is 6.24. The number of fused-ring (bicyclic) bond motifs is 9. The Kier molecular flexibility index (Phi) is 6.07. The van der Waals surface area contributed by atoms with Crippen LogP contribution in [0, 0.1) is 13.8 Å². The smallest absolute Gasteiger partial charge is 0.0619 e. The van der Waals surface area contributed by atoms with Gasteiger partial charge in [-0.25, -0.2) is 0 Å². The molecule has 1 nitrogen and oxygen atoms in total. The molecule has 0 radical (unpaired) electrons. The Morgan fingerprint density at radius 2 is 0.796 bits per heavy atom. The SMILES string of the molecule is Cc1cc2ccc3c4ccc5ccccc5c4n(-c4ccc(-c5c6ccccc6c(-c6ccccc6)c6ccccc56)cc4)c3c2cc1C. The summed E-state index contributed by atoms with van der Waals surface area (Å²) in [7, 11) is 0. The van der Waals surface area contributed by atoms with Gasteiger partial charge < -0.3 is 4.57 Å². The predicted molar refractivity (Wildman–Crippen MR) is 211 cm³/mol. The normalized spacial score (nSPS) is 11.9. The molecule has 0 aliphatic carbocycles. The largest absolute Gasteiger partial charge is 0.308 e. The molecular weight excluding hydrogens is 591 g/mol. The van der Waals surface area contributed by atoms with Crippen LogP contribution in [0.2, 0.25) is 0 Å². The zero-order valence-corrected chi connectivity index (χ0v) is 27.5. The summed E-state index contributed by atoms with van der Waals surface area (Å²) in [6, 6.07) is 60.6. The molecule has 0 unspecified atom stereocenters. The van der Waals surface area contributed by atoms with Gasteiger partial charge in [0.25, 0.3) is 0 Å². The van der Waals surface area contributed by atoms with Gasteiger partial charge in [0, 0.05) is 27.2 Å². The molecule has 0 atom stereocenters. The number of aromatic nitrogens is 1. The van der Waals surface area contributed by atoms with Crippen LogP contribution in [0.25, 0.3) is 92.8 Å². The molecule has 0 saturated heterocycles. The van der Waals surface area contributed by atoms with E-state index in [0.29, 0.717) is 0 Å². The summed E-state index contributed by atoms with van der Waals surface area (Å²) in [4.78, 5) is 0. The van der Waals surface area contributed by atoms with E-state index < -0.39 is 0 Å². The van der Waals surface area contributed by atoms with Gasteiger partial charge in [0.15, 0.2) is 0 Å². The summed E-state index contributed by atoms with van der Waals surface area (Å²) in [6.45, 7) is 4.43. The second-order valence-electron chi connectivity index (χ2n) is 13.4. The molecule has 0 saturated carbocycles. The molecule has 230 valence electrons. The summed E-state index contributed by atoms with van der Waals surface area (Å²) < 4.78 is 2.52. The summed E-state index contributed by atoms with van der Waals surface area (Å²) in [6.07, 6.45) is 0. The lowest BCUT2D eigenvalue weighted by Gasteiger charge is -2.18. The molecule has 0 bridgehead atoms. The van der Waals surface area contributed by atoms with E-state index in [2.05, 4.69) is 182 Å². The molecule has 0 N–H and O–H groups in total. The standard InChI is InChI=1S/C48H33N/c1-30-28-35-23-27-43-42-26-22-32-12-6-7-15-37(32)47(42)49(48(43)44(35)29-31(30)2)36-24-20-34(21-25-36)46-40-18-10-8-16-38(40)45(33-13-4-3-5-14-33)39-17-9-11-19-41(39)46/h3-29H,1-2H3. The van der Waals surface area contributed by atoms with Gasteiger partial charge in [-0.3, -0.25) is 0 Å². The third kappa shape index (κ3) is 4.12. The third-order valence-corrected chi connectivity index (χ3v) is 10.7. The van der Waals surface area contributed by atoms with E-state index in [9.17, 15) is 0 Å². The molecule has 0 aliphatic rings. The van der Waals surface area contributed by atoms with Crippen molar-refractivity contribution in [3.63, 3.8) is 0 Å². The maximum atomic E-state index is 2.52. The molecule has 0 amide bonds. The average Bonchev–Trinajstić information content (AvgIpc) is 3.50. The summed E-state index contributed by atoms with van der Waals surface area (Å²) in [5.74, 6) is 0. The first-order valence-corrected chi connectivity index (χ1v) is 17.1. The van der Waals surface area contributed by atoms with Crippen LogP contribution in [0.1, 0.15) is 11.1 Å². The molecule has 1 heterocycles. The van der Waals surface area contributed by atoms with Gasteiger partial charge in [-0.05, 0) is 97.7 Å². The molecule has 49 heavy (non-hydrogen) atoms. The number of hydrogen-bond donors (Lipinski definition) is 0. The predicted octanol–water partition coefficient (Wildman–Crippen LogP) is 13.3. The molecule has 1 aromatic heterocycles. The first kappa shape index (κ1) is 27.9. The topological polar surface area (TPSA) is 4.93 Å². The van der Waals surface area contributed by atoms with Crippen LogP contribution in [0.15, 0.2) is 164 Å². The average molecular weight is 624 g/mol. The zero-order chi connectivity index (χ0) is 32.6. The van der Waals surface area contributed by atoms with Crippen molar-refractivity contribution in [3.05, 3.63) is 175 Å².